The molecule has 0 unspecified atom stereocenters. The number of aliphatic hydroxyl groups is 1. The van der Waals surface area contributed by atoms with E-state index in [9.17, 15) is 9.59 Å². The molecule has 0 aliphatic carbocycles. The van der Waals surface area contributed by atoms with Crippen molar-refractivity contribution in [3.8, 4) is 0 Å². The van der Waals surface area contributed by atoms with E-state index in [1.54, 1.807) is 31.3 Å². The van der Waals surface area contributed by atoms with Gasteiger partial charge in [-0.05, 0) is 24.1 Å². The van der Waals surface area contributed by atoms with Gasteiger partial charge in [-0.15, -0.1) is 0 Å². The zero-order valence-corrected chi connectivity index (χ0v) is 13.0. The summed E-state index contributed by atoms with van der Waals surface area (Å²) >= 11 is 5.88. The van der Waals surface area contributed by atoms with Crippen LogP contribution in [-0.2, 0) is 14.3 Å². The molecule has 0 bridgehead atoms. The number of hydrogen-bond acceptors (Lipinski definition) is 4. The van der Waals surface area contributed by atoms with Crippen LogP contribution in [-0.4, -0.2) is 54.7 Å². The summed E-state index contributed by atoms with van der Waals surface area (Å²) in [6.45, 7) is 0.240. The van der Waals surface area contributed by atoms with Crippen LogP contribution in [0.5, 0.6) is 0 Å². The fraction of sp³-hybridized carbons (Fsp3) is 0.467. The van der Waals surface area contributed by atoms with Gasteiger partial charge in [-0.3, -0.25) is 9.59 Å². The number of aliphatic hydroxyl groups excluding tert-OH is 1. The van der Waals surface area contributed by atoms with Crippen molar-refractivity contribution in [3.63, 3.8) is 0 Å². The van der Waals surface area contributed by atoms with Gasteiger partial charge in [0.15, 0.2) is 6.10 Å². The minimum Gasteiger partial charge on any atom is -0.396 e. The molecule has 6 nitrogen and oxygen atoms in total. The molecule has 2 atom stereocenters. The van der Waals surface area contributed by atoms with E-state index in [0.29, 0.717) is 18.0 Å². The molecular weight excluding hydrogens is 308 g/mol. The third-order valence-corrected chi connectivity index (χ3v) is 3.84. The maximum absolute atomic E-state index is 12.3. The van der Waals surface area contributed by atoms with Crippen molar-refractivity contribution in [1.29, 1.82) is 0 Å². The van der Waals surface area contributed by atoms with Crippen molar-refractivity contribution in [1.82, 2.24) is 10.2 Å². The minimum absolute atomic E-state index is 0.00477. The Labute approximate surface area is 134 Å². The van der Waals surface area contributed by atoms with Crippen molar-refractivity contribution in [2.45, 2.75) is 18.6 Å². The summed E-state index contributed by atoms with van der Waals surface area (Å²) in [5.41, 5.74) is 0.780. The fourth-order valence-electron chi connectivity index (χ4n) is 2.38. The lowest BCUT2D eigenvalue weighted by molar-refractivity contribution is -0.162. The molecular formula is C15H19ClN2O4. The minimum atomic E-state index is -0.789. The van der Waals surface area contributed by atoms with Crippen molar-refractivity contribution < 1.29 is 19.4 Å². The molecule has 0 aromatic heterocycles. The Bertz CT molecular complexity index is 535. The van der Waals surface area contributed by atoms with Crippen LogP contribution in [0, 0.1) is 0 Å². The van der Waals surface area contributed by atoms with E-state index in [-0.39, 0.29) is 25.0 Å². The van der Waals surface area contributed by atoms with Gasteiger partial charge in [0, 0.05) is 25.2 Å². The number of carbonyl (C=O) groups is 2. The van der Waals surface area contributed by atoms with E-state index < -0.39 is 12.1 Å². The first kappa shape index (κ1) is 16.7. The molecule has 22 heavy (non-hydrogen) atoms. The Kier molecular flexibility index (Phi) is 5.76. The van der Waals surface area contributed by atoms with Crippen LogP contribution < -0.4 is 5.32 Å². The predicted molar refractivity (Wildman–Crippen MR) is 81.4 cm³/mol. The predicted octanol–water partition coefficient (Wildman–Crippen LogP) is 0.737. The van der Waals surface area contributed by atoms with Crippen LogP contribution in [0.4, 0.5) is 0 Å². The highest BCUT2D eigenvalue weighted by Crippen LogP contribution is 2.29. The third kappa shape index (κ3) is 3.76. The summed E-state index contributed by atoms with van der Waals surface area (Å²) in [6.07, 6.45) is -0.318. The van der Waals surface area contributed by atoms with Gasteiger partial charge in [0.05, 0.1) is 6.04 Å². The zero-order chi connectivity index (χ0) is 16.1. The molecule has 120 valence electrons. The number of nitrogens with zero attached hydrogens (tertiary/aromatic N) is 1. The standard InChI is InChI=1S/C15H19ClN2O4/c1-18-12(20)9-22-14(15(21)17-7-2-8-19)13(18)10-3-5-11(16)6-4-10/h3-6,13-14,19H,2,7-9H2,1H3,(H,17,21)/t13-,14+/m0/s1. The topological polar surface area (TPSA) is 78.9 Å². The molecule has 7 heteroatoms. The van der Waals surface area contributed by atoms with E-state index in [2.05, 4.69) is 5.32 Å². The number of likely N-dealkylation sites (N-methyl/N-ethyl adjacent to an activating group) is 1. The normalized spacial score (nSPS) is 21.8. The SMILES string of the molecule is CN1C(=O)CO[C@@H](C(=O)NCCCO)[C@@H]1c1ccc(Cl)cc1. The first-order chi connectivity index (χ1) is 10.5. The molecule has 1 aromatic carbocycles. The van der Waals surface area contributed by atoms with Crippen LogP contribution >= 0.6 is 11.6 Å². The van der Waals surface area contributed by atoms with Gasteiger partial charge in [0.25, 0.3) is 5.91 Å². The second-order valence-electron chi connectivity index (χ2n) is 5.10. The number of ether oxygens (including phenoxy) is 1. The molecule has 1 heterocycles. The summed E-state index contributed by atoms with van der Waals surface area (Å²) in [5.74, 6) is -0.480. The summed E-state index contributed by atoms with van der Waals surface area (Å²) < 4.78 is 5.45. The first-order valence-electron chi connectivity index (χ1n) is 7.06. The summed E-state index contributed by atoms with van der Waals surface area (Å²) in [6, 6.07) is 6.47. The van der Waals surface area contributed by atoms with E-state index in [1.807, 2.05) is 0 Å². The highest BCUT2D eigenvalue weighted by molar-refractivity contribution is 6.30. The van der Waals surface area contributed by atoms with E-state index >= 15 is 0 Å². The van der Waals surface area contributed by atoms with E-state index in [1.165, 1.54) is 4.90 Å². The molecule has 2 N–H and O–H groups in total. The molecule has 0 saturated carbocycles. The number of nitrogens with one attached hydrogen (secondary N) is 1. The van der Waals surface area contributed by atoms with Gasteiger partial charge < -0.3 is 20.1 Å². The zero-order valence-electron chi connectivity index (χ0n) is 12.3. The number of hydrogen-bond donors (Lipinski definition) is 2. The Balaban J connectivity index is 2.20. The van der Waals surface area contributed by atoms with Crippen molar-refractivity contribution >= 4 is 23.4 Å². The largest absolute Gasteiger partial charge is 0.396 e. The monoisotopic (exact) mass is 326 g/mol. The second-order valence-corrected chi connectivity index (χ2v) is 5.54. The highest BCUT2D eigenvalue weighted by atomic mass is 35.5. The van der Waals surface area contributed by atoms with Gasteiger partial charge in [-0.25, -0.2) is 0 Å². The Morgan fingerprint density at radius 3 is 2.77 bits per heavy atom. The van der Waals surface area contributed by atoms with Gasteiger partial charge in [0.2, 0.25) is 5.91 Å². The van der Waals surface area contributed by atoms with Crippen LogP contribution in [0.3, 0.4) is 0 Å². The summed E-state index contributed by atoms with van der Waals surface area (Å²) in [4.78, 5) is 25.7. The van der Waals surface area contributed by atoms with Crippen molar-refractivity contribution in [3.05, 3.63) is 34.9 Å². The molecule has 1 fully saturated rings. The molecule has 2 rings (SSSR count). The smallest absolute Gasteiger partial charge is 0.251 e. The Morgan fingerprint density at radius 2 is 2.14 bits per heavy atom. The summed E-state index contributed by atoms with van der Waals surface area (Å²) in [7, 11) is 1.65. The van der Waals surface area contributed by atoms with E-state index in [0.717, 1.165) is 5.56 Å². The third-order valence-electron chi connectivity index (χ3n) is 3.59. The second kappa shape index (κ2) is 7.58. The van der Waals surface area contributed by atoms with Gasteiger partial charge in [-0.2, -0.15) is 0 Å². The lowest BCUT2D eigenvalue weighted by Gasteiger charge is -2.38. The molecule has 1 aromatic rings. The lowest BCUT2D eigenvalue weighted by atomic mass is 9.97. The average Bonchev–Trinajstić information content (AvgIpc) is 2.51. The number of benzene rings is 1. The van der Waals surface area contributed by atoms with Gasteiger partial charge in [-0.1, -0.05) is 23.7 Å². The van der Waals surface area contributed by atoms with Crippen LogP contribution in [0.1, 0.15) is 18.0 Å². The number of rotatable bonds is 5. The Morgan fingerprint density at radius 1 is 1.45 bits per heavy atom. The maximum atomic E-state index is 12.3. The lowest BCUT2D eigenvalue weighted by Crippen LogP contribution is -2.53. The number of amides is 2. The maximum Gasteiger partial charge on any atom is 0.251 e. The average molecular weight is 327 g/mol. The van der Waals surface area contributed by atoms with Crippen molar-refractivity contribution in [2.24, 2.45) is 0 Å². The van der Waals surface area contributed by atoms with Crippen LogP contribution in [0.15, 0.2) is 24.3 Å². The number of morpholine rings is 1. The molecule has 0 radical (unpaired) electrons. The van der Waals surface area contributed by atoms with Crippen LogP contribution in [0.25, 0.3) is 0 Å². The highest BCUT2D eigenvalue weighted by Gasteiger charge is 2.39. The quantitative estimate of drug-likeness (QED) is 0.782. The number of halogens is 1. The van der Waals surface area contributed by atoms with E-state index in [4.69, 9.17) is 21.4 Å². The fourth-order valence-corrected chi connectivity index (χ4v) is 2.51. The van der Waals surface area contributed by atoms with Gasteiger partial charge >= 0.3 is 0 Å². The van der Waals surface area contributed by atoms with Crippen LogP contribution in [0.2, 0.25) is 5.02 Å². The molecule has 1 saturated heterocycles. The molecule has 1 aliphatic heterocycles. The first-order valence-corrected chi connectivity index (χ1v) is 7.43. The Hall–Kier alpha value is -1.63. The molecule has 2 amide bonds. The summed E-state index contributed by atoms with van der Waals surface area (Å²) in [5, 5.41) is 12.1. The van der Waals surface area contributed by atoms with Crippen molar-refractivity contribution in [2.75, 3.05) is 26.8 Å². The number of carbonyl (C=O) groups excluding carboxylic acids is 2. The molecule has 0 spiro atoms. The van der Waals surface area contributed by atoms with Gasteiger partial charge in [0.1, 0.15) is 6.61 Å². The molecule has 1 aliphatic rings.